The van der Waals surface area contributed by atoms with Crippen LogP contribution in [0.1, 0.15) is 31.3 Å². The van der Waals surface area contributed by atoms with E-state index in [1.54, 1.807) is 20.8 Å². The van der Waals surface area contributed by atoms with Gasteiger partial charge in [0.15, 0.2) is 11.4 Å². The normalized spacial score (nSPS) is 11.1. The van der Waals surface area contributed by atoms with E-state index in [1.165, 1.54) is 0 Å². The van der Waals surface area contributed by atoms with Gasteiger partial charge in [0.05, 0.1) is 6.20 Å². The van der Waals surface area contributed by atoms with Crippen molar-refractivity contribution in [2.45, 2.75) is 26.4 Å². The Kier molecular flexibility index (Phi) is 2.83. The van der Waals surface area contributed by atoms with Crippen LogP contribution in [0.5, 0.6) is 11.5 Å². The second kappa shape index (κ2) is 3.76. The van der Waals surface area contributed by atoms with Gasteiger partial charge in [-0.25, -0.2) is 9.78 Å². The van der Waals surface area contributed by atoms with Crippen LogP contribution in [-0.2, 0) is 4.74 Å². The zero-order valence-electron chi connectivity index (χ0n) is 8.81. The van der Waals surface area contributed by atoms with Gasteiger partial charge < -0.3 is 14.9 Å². The Balaban J connectivity index is 2.92. The molecule has 0 saturated heterocycles. The Labute approximate surface area is 87.3 Å². The molecule has 0 aliphatic rings. The molecule has 1 rings (SSSR count). The Hall–Kier alpha value is -1.78. The Bertz CT molecular complexity index is 381. The SMILES string of the molecule is CC(C)(C)OC(=O)c1ncc(O)cc1O. The number of nitrogens with zero attached hydrogens (tertiary/aromatic N) is 1. The van der Waals surface area contributed by atoms with Gasteiger partial charge >= 0.3 is 5.97 Å². The molecule has 0 aliphatic heterocycles. The van der Waals surface area contributed by atoms with E-state index >= 15 is 0 Å². The molecular formula is C10H13NO4. The van der Waals surface area contributed by atoms with Crippen molar-refractivity contribution in [3.8, 4) is 11.5 Å². The van der Waals surface area contributed by atoms with Crippen molar-refractivity contribution in [3.63, 3.8) is 0 Å². The molecule has 0 bridgehead atoms. The second-order valence-corrected chi connectivity index (χ2v) is 4.06. The average Bonchev–Trinajstić information content (AvgIpc) is 1.99. The van der Waals surface area contributed by atoms with Gasteiger partial charge in [0.25, 0.3) is 0 Å². The lowest BCUT2D eigenvalue weighted by Gasteiger charge is -2.19. The molecule has 15 heavy (non-hydrogen) atoms. The number of pyridine rings is 1. The first-order valence-electron chi connectivity index (χ1n) is 4.41. The third-order valence-corrected chi connectivity index (χ3v) is 1.45. The molecule has 0 saturated carbocycles. The highest BCUT2D eigenvalue weighted by molar-refractivity contribution is 5.90. The molecule has 0 radical (unpaired) electrons. The summed E-state index contributed by atoms with van der Waals surface area (Å²) in [5.74, 6) is -1.33. The van der Waals surface area contributed by atoms with Gasteiger partial charge in [-0.3, -0.25) is 0 Å². The van der Waals surface area contributed by atoms with E-state index in [0.717, 1.165) is 12.3 Å². The minimum atomic E-state index is -0.722. The highest BCUT2D eigenvalue weighted by atomic mass is 16.6. The number of carbonyl (C=O) groups excluding carboxylic acids is 1. The molecule has 5 heteroatoms. The van der Waals surface area contributed by atoms with Crippen LogP contribution in [0.4, 0.5) is 0 Å². The third-order valence-electron chi connectivity index (χ3n) is 1.45. The number of carbonyl (C=O) groups is 1. The maximum Gasteiger partial charge on any atom is 0.361 e. The Morgan fingerprint density at radius 3 is 2.47 bits per heavy atom. The highest BCUT2D eigenvalue weighted by Crippen LogP contribution is 2.22. The Morgan fingerprint density at radius 2 is 2.00 bits per heavy atom. The predicted octanol–water partition coefficient (Wildman–Crippen LogP) is 1.45. The van der Waals surface area contributed by atoms with E-state index < -0.39 is 17.3 Å². The van der Waals surface area contributed by atoms with Gasteiger partial charge in [-0.05, 0) is 20.8 Å². The van der Waals surface area contributed by atoms with E-state index in [2.05, 4.69) is 4.98 Å². The third kappa shape index (κ3) is 3.12. The fourth-order valence-electron chi connectivity index (χ4n) is 0.926. The smallest absolute Gasteiger partial charge is 0.361 e. The first-order valence-corrected chi connectivity index (χ1v) is 4.41. The van der Waals surface area contributed by atoms with Gasteiger partial charge in [-0.2, -0.15) is 0 Å². The lowest BCUT2D eigenvalue weighted by molar-refractivity contribution is 0.00598. The van der Waals surface area contributed by atoms with E-state index in [9.17, 15) is 9.90 Å². The van der Waals surface area contributed by atoms with E-state index in [-0.39, 0.29) is 11.4 Å². The summed E-state index contributed by atoms with van der Waals surface area (Å²) in [6.07, 6.45) is 1.07. The quantitative estimate of drug-likeness (QED) is 0.687. The van der Waals surface area contributed by atoms with Crippen LogP contribution >= 0.6 is 0 Å². The molecule has 0 amide bonds. The molecule has 82 valence electrons. The number of esters is 1. The van der Waals surface area contributed by atoms with Crippen LogP contribution in [0.15, 0.2) is 12.3 Å². The number of aromatic hydroxyl groups is 2. The van der Waals surface area contributed by atoms with Crippen molar-refractivity contribution < 1.29 is 19.7 Å². The van der Waals surface area contributed by atoms with Crippen LogP contribution in [0.3, 0.4) is 0 Å². The van der Waals surface area contributed by atoms with E-state index in [0.29, 0.717) is 0 Å². The van der Waals surface area contributed by atoms with Crippen molar-refractivity contribution in [2.24, 2.45) is 0 Å². The highest BCUT2D eigenvalue weighted by Gasteiger charge is 2.21. The van der Waals surface area contributed by atoms with Gasteiger partial charge in [0.2, 0.25) is 0 Å². The lowest BCUT2D eigenvalue weighted by Crippen LogP contribution is -2.24. The van der Waals surface area contributed by atoms with Crippen molar-refractivity contribution in [1.82, 2.24) is 4.98 Å². The van der Waals surface area contributed by atoms with Gasteiger partial charge in [0, 0.05) is 6.07 Å². The molecule has 0 spiro atoms. The largest absolute Gasteiger partial charge is 0.506 e. The zero-order valence-corrected chi connectivity index (χ0v) is 8.81. The Morgan fingerprint density at radius 1 is 1.40 bits per heavy atom. The summed E-state index contributed by atoms with van der Waals surface area (Å²) >= 11 is 0. The van der Waals surface area contributed by atoms with Crippen LogP contribution in [-0.4, -0.2) is 26.8 Å². The number of aromatic nitrogens is 1. The molecule has 0 aliphatic carbocycles. The molecule has 0 aromatic carbocycles. The fourth-order valence-corrected chi connectivity index (χ4v) is 0.926. The van der Waals surface area contributed by atoms with E-state index in [1.807, 2.05) is 0 Å². The summed E-state index contributed by atoms with van der Waals surface area (Å²) in [5.41, 5.74) is -0.856. The lowest BCUT2D eigenvalue weighted by atomic mass is 10.2. The van der Waals surface area contributed by atoms with Crippen molar-refractivity contribution in [2.75, 3.05) is 0 Å². The summed E-state index contributed by atoms with van der Waals surface area (Å²) in [6, 6.07) is 1.03. The van der Waals surface area contributed by atoms with Gasteiger partial charge in [0.1, 0.15) is 11.4 Å². The average molecular weight is 211 g/mol. The van der Waals surface area contributed by atoms with Crippen molar-refractivity contribution >= 4 is 5.97 Å². The van der Waals surface area contributed by atoms with Crippen LogP contribution in [0, 0.1) is 0 Å². The topological polar surface area (TPSA) is 79.7 Å². The molecule has 2 N–H and O–H groups in total. The number of ether oxygens (including phenoxy) is 1. The minimum absolute atomic E-state index is 0.206. The molecule has 0 unspecified atom stereocenters. The standard InChI is InChI=1S/C10H13NO4/c1-10(2,3)15-9(14)8-7(13)4-6(12)5-11-8/h4-5,12-13H,1-3H3. The summed E-state index contributed by atoms with van der Waals surface area (Å²) in [5, 5.41) is 18.3. The number of rotatable bonds is 1. The molecule has 0 atom stereocenters. The molecule has 1 aromatic heterocycles. The molecule has 1 heterocycles. The maximum absolute atomic E-state index is 11.5. The van der Waals surface area contributed by atoms with Gasteiger partial charge in [-0.15, -0.1) is 0 Å². The summed E-state index contributed by atoms with van der Waals surface area (Å²) in [7, 11) is 0. The first kappa shape index (κ1) is 11.3. The maximum atomic E-state index is 11.5. The zero-order chi connectivity index (χ0) is 11.6. The fraction of sp³-hybridized carbons (Fsp3) is 0.400. The number of hydrogen-bond donors (Lipinski definition) is 2. The monoisotopic (exact) mass is 211 g/mol. The predicted molar refractivity (Wildman–Crippen MR) is 52.7 cm³/mol. The first-order chi connectivity index (χ1) is 6.79. The van der Waals surface area contributed by atoms with Crippen molar-refractivity contribution in [1.29, 1.82) is 0 Å². The van der Waals surface area contributed by atoms with Crippen LogP contribution in [0.25, 0.3) is 0 Å². The second-order valence-electron chi connectivity index (χ2n) is 4.06. The van der Waals surface area contributed by atoms with Gasteiger partial charge in [-0.1, -0.05) is 0 Å². The molecule has 5 nitrogen and oxygen atoms in total. The van der Waals surface area contributed by atoms with Crippen LogP contribution < -0.4 is 0 Å². The van der Waals surface area contributed by atoms with Crippen molar-refractivity contribution in [3.05, 3.63) is 18.0 Å². The summed E-state index contributed by atoms with van der Waals surface area (Å²) in [6.45, 7) is 5.13. The minimum Gasteiger partial charge on any atom is -0.506 e. The molecule has 1 aromatic rings. The summed E-state index contributed by atoms with van der Waals surface area (Å²) in [4.78, 5) is 15.1. The van der Waals surface area contributed by atoms with E-state index in [4.69, 9.17) is 9.84 Å². The number of hydrogen-bond acceptors (Lipinski definition) is 5. The van der Waals surface area contributed by atoms with Crippen LogP contribution in [0.2, 0.25) is 0 Å². The summed E-state index contributed by atoms with van der Waals surface area (Å²) < 4.78 is 5.00. The molecule has 0 fully saturated rings. The molecular weight excluding hydrogens is 198 g/mol.